The molecule has 0 fully saturated rings. The normalized spacial score (nSPS) is 10.1. The summed E-state index contributed by atoms with van der Waals surface area (Å²) in [5.41, 5.74) is 6.22. The van der Waals surface area contributed by atoms with Gasteiger partial charge in [-0.2, -0.15) is 0 Å². The molecule has 18 heavy (non-hydrogen) atoms. The van der Waals surface area contributed by atoms with Crippen molar-refractivity contribution in [2.75, 3.05) is 5.73 Å². The van der Waals surface area contributed by atoms with Gasteiger partial charge in [0.15, 0.2) is 0 Å². The molecule has 0 aliphatic carbocycles. The monoisotopic (exact) mass is 245 g/mol. The number of nitrogens with two attached hydrogens (primary N) is 1. The molecule has 1 aromatic carbocycles. The van der Waals surface area contributed by atoms with E-state index < -0.39 is 4.92 Å². The molecule has 0 unspecified atom stereocenters. The summed E-state index contributed by atoms with van der Waals surface area (Å²) in [4.78, 5) is 14.0. The Hall–Kier alpha value is -2.63. The number of pyridine rings is 1. The fraction of sp³-hybridized carbons (Fsp3) is 0.0833. The van der Waals surface area contributed by atoms with E-state index in [2.05, 4.69) is 4.98 Å². The Labute approximate surface area is 103 Å². The summed E-state index contributed by atoms with van der Waals surface area (Å²) in [6.45, 7) is 1.94. The van der Waals surface area contributed by atoms with Crippen molar-refractivity contribution in [1.82, 2.24) is 4.98 Å². The van der Waals surface area contributed by atoms with Gasteiger partial charge in [-0.05, 0) is 19.1 Å². The number of rotatable bonds is 3. The van der Waals surface area contributed by atoms with Crippen molar-refractivity contribution < 1.29 is 9.66 Å². The highest BCUT2D eigenvalue weighted by atomic mass is 16.6. The second-order valence-electron chi connectivity index (χ2n) is 3.72. The second kappa shape index (κ2) is 4.70. The second-order valence-corrected chi connectivity index (χ2v) is 3.72. The molecule has 0 aliphatic heterocycles. The van der Waals surface area contributed by atoms with Crippen LogP contribution in [0.15, 0.2) is 36.5 Å². The summed E-state index contributed by atoms with van der Waals surface area (Å²) >= 11 is 0. The first-order chi connectivity index (χ1) is 8.58. The molecule has 0 spiro atoms. The highest BCUT2D eigenvalue weighted by Gasteiger charge is 2.20. The molecule has 0 radical (unpaired) electrons. The van der Waals surface area contributed by atoms with Crippen molar-refractivity contribution in [3.05, 3.63) is 52.2 Å². The highest BCUT2D eigenvalue weighted by molar-refractivity contribution is 5.61. The zero-order chi connectivity index (χ0) is 13.1. The molecular formula is C12H11N3O3. The van der Waals surface area contributed by atoms with Crippen LogP contribution in [-0.2, 0) is 0 Å². The number of nitrogen functional groups attached to an aromatic ring is 1. The molecule has 6 heteroatoms. The van der Waals surface area contributed by atoms with E-state index in [1.165, 1.54) is 12.3 Å². The van der Waals surface area contributed by atoms with E-state index in [0.717, 1.165) is 5.56 Å². The standard InChI is InChI=1S/C12H11N3O3/c1-8-2-4-9(5-3-8)18-10-6-7-14-12(13)11(10)15(16)17/h2-7H,1H3,(H2,13,14). The van der Waals surface area contributed by atoms with Crippen molar-refractivity contribution in [2.45, 2.75) is 6.92 Å². The summed E-state index contributed by atoms with van der Waals surface area (Å²) < 4.78 is 5.44. The Kier molecular flexibility index (Phi) is 3.09. The number of aromatic nitrogens is 1. The lowest BCUT2D eigenvalue weighted by Crippen LogP contribution is -2.00. The van der Waals surface area contributed by atoms with Gasteiger partial charge in [-0.3, -0.25) is 10.1 Å². The highest BCUT2D eigenvalue weighted by Crippen LogP contribution is 2.34. The van der Waals surface area contributed by atoms with Gasteiger partial charge in [0.1, 0.15) is 5.75 Å². The lowest BCUT2D eigenvalue weighted by molar-refractivity contribution is -0.384. The fourth-order valence-corrected chi connectivity index (χ4v) is 1.45. The van der Waals surface area contributed by atoms with Crippen LogP contribution in [0, 0.1) is 17.0 Å². The topological polar surface area (TPSA) is 91.3 Å². The van der Waals surface area contributed by atoms with Crippen LogP contribution >= 0.6 is 0 Å². The summed E-state index contributed by atoms with van der Waals surface area (Å²) in [5, 5.41) is 10.9. The van der Waals surface area contributed by atoms with E-state index in [0.29, 0.717) is 5.75 Å². The average Bonchev–Trinajstić information content (AvgIpc) is 2.32. The lowest BCUT2D eigenvalue weighted by atomic mass is 10.2. The fourth-order valence-electron chi connectivity index (χ4n) is 1.45. The number of nitrogens with zero attached hydrogens (tertiary/aromatic N) is 2. The molecule has 2 N–H and O–H groups in total. The maximum atomic E-state index is 10.9. The van der Waals surface area contributed by atoms with E-state index in [4.69, 9.17) is 10.5 Å². The molecule has 92 valence electrons. The largest absolute Gasteiger partial charge is 0.450 e. The van der Waals surface area contributed by atoms with Crippen LogP contribution in [-0.4, -0.2) is 9.91 Å². The Balaban J connectivity index is 2.37. The Morgan fingerprint density at radius 1 is 1.28 bits per heavy atom. The Morgan fingerprint density at radius 2 is 1.94 bits per heavy atom. The van der Waals surface area contributed by atoms with Crippen LogP contribution in [0.5, 0.6) is 11.5 Å². The summed E-state index contributed by atoms with van der Waals surface area (Å²) in [6, 6.07) is 8.58. The van der Waals surface area contributed by atoms with Gasteiger partial charge in [0.05, 0.1) is 4.92 Å². The van der Waals surface area contributed by atoms with Gasteiger partial charge in [0.2, 0.25) is 11.6 Å². The Bertz CT molecular complexity index is 582. The molecule has 2 rings (SSSR count). The third-order valence-corrected chi connectivity index (χ3v) is 2.35. The summed E-state index contributed by atoms with van der Waals surface area (Å²) in [7, 11) is 0. The molecule has 0 bridgehead atoms. The van der Waals surface area contributed by atoms with E-state index in [9.17, 15) is 10.1 Å². The van der Waals surface area contributed by atoms with Crippen LogP contribution in [0.25, 0.3) is 0 Å². The number of ether oxygens (including phenoxy) is 1. The zero-order valence-corrected chi connectivity index (χ0v) is 9.66. The molecule has 0 amide bonds. The maximum Gasteiger partial charge on any atom is 0.353 e. The molecule has 0 saturated heterocycles. The third kappa shape index (κ3) is 2.37. The predicted octanol–water partition coefficient (Wildman–Crippen LogP) is 2.67. The summed E-state index contributed by atoms with van der Waals surface area (Å²) in [5.74, 6) is 0.426. The minimum atomic E-state index is -0.605. The maximum absolute atomic E-state index is 10.9. The molecule has 6 nitrogen and oxygen atoms in total. The van der Waals surface area contributed by atoms with Crippen molar-refractivity contribution in [3.8, 4) is 11.5 Å². The van der Waals surface area contributed by atoms with E-state index >= 15 is 0 Å². The number of nitro groups is 1. The van der Waals surface area contributed by atoms with Crippen molar-refractivity contribution in [2.24, 2.45) is 0 Å². The summed E-state index contributed by atoms with van der Waals surface area (Å²) in [6.07, 6.45) is 1.37. The van der Waals surface area contributed by atoms with Gasteiger partial charge in [0, 0.05) is 12.3 Å². The van der Waals surface area contributed by atoms with E-state index in [1.54, 1.807) is 12.1 Å². The number of anilines is 1. The van der Waals surface area contributed by atoms with Crippen molar-refractivity contribution in [3.63, 3.8) is 0 Å². The third-order valence-electron chi connectivity index (χ3n) is 2.35. The average molecular weight is 245 g/mol. The number of benzene rings is 1. The van der Waals surface area contributed by atoms with Gasteiger partial charge < -0.3 is 10.5 Å². The number of hydrogen-bond acceptors (Lipinski definition) is 5. The quantitative estimate of drug-likeness (QED) is 0.663. The van der Waals surface area contributed by atoms with Crippen molar-refractivity contribution in [1.29, 1.82) is 0 Å². The van der Waals surface area contributed by atoms with Gasteiger partial charge in [0.25, 0.3) is 0 Å². The van der Waals surface area contributed by atoms with Crippen LogP contribution in [0.1, 0.15) is 5.56 Å². The van der Waals surface area contributed by atoms with Gasteiger partial charge in [-0.1, -0.05) is 17.7 Å². The minimum Gasteiger partial charge on any atom is -0.450 e. The first-order valence-electron chi connectivity index (χ1n) is 5.21. The van der Waals surface area contributed by atoms with Crippen molar-refractivity contribution >= 4 is 11.5 Å². The molecule has 2 aromatic rings. The molecule has 0 saturated carbocycles. The van der Waals surface area contributed by atoms with Crippen LogP contribution in [0.3, 0.4) is 0 Å². The number of hydrogen-bond donors (Lipinski definition) is 1. The Morgan fingerprint density at radius 3 is 2.56 bits per heavy atom. The van der Waals surface area contributed by atoms with Gasteiger partial charge >= 0.3 is 5.69 Å². The number of aryl methyl sites for hydroxylation is 1. The predicted molar refractivity (Wildman–Crippen MR) is 66.6 cm³/mol. The smallest absolute Gasteiger partial charge is 0.353 e. The van der Waals surface area contributed by atoms with Gasteiger partial charge in [-0.25, -0.2) is 4.98 Å². The minimum absolute atomic E-state index is 0.0800. The van der Waals surface area contributed by atoms with Crippen LogP contribution in [0.2, 0.25) is 0 Å². The van der Waals surface area contributed by atoms with Crippen LogP contribution in [0.4, 0.5) is 11.5 Å². The SMILES string of the molecule is Cc1ccc(Oc2ccnc(N)c2[N+](=O)[O-])cc1. The molecule has 1 heterocycles. The van der Waals surface area contributed by atoms with Gasteiger partial charge in [-0.15, -0.1) is 0 Å². The van der Waals surface area contributed by atoms with E-state index in [-0.39, 0.29) is 17.3 Å². The first kappa shape index (κ1) is 11.8. The molecule has 0 aliphatic rings. The zero-order valence-electron chi connectivity index (χ0n) is 9.66. The molecular weight excluding hydrogens is 234 g/mol. The first-order valence-corrected chi connectivity index (χ1v) is 5.21. The van der Waals surface area contributed by atoms with E-state index in [1.807, 2.05) is 19.1 Å². The lowest BCUT2D eigenvalue weighted by Gasteiger charge is -2.07. The molecule has 1 aromatic heterocycles. The van der Waals surface area contributed by atoms with Crippen LogP contribution < -0.4 is 10.5 Å². The molecule has 0 atom stereocenters.